The third-order valence-electron chi connectivity index (χ3n) is 2.38. The van der Waals surface area contributed by atoms with Crippen LogP contribution in [0.5, 0.6) is 0 Å². The largest absolute Gasteiger partial charge is 0.283 e. The van der Waals surface area contributed by atoms with Crippen LogP contribution in [0.3, 0.4) is 0 Å². The van der Waals surface area contributed by atoms with Crippen molar-refractivity contribution in [2.75, 3.05) is 0 Å². The molecule has 0 aliphatic carbocycles. The highest BCUT2D eigenvalue weighted by Gasteiger charge is 2.15. The van der Waals surface area contributed by atoms with Gasteiger partial charge >= 0.3 is 0 Å². The number of aromatic nitrogens is 3. The molecule has 2 aromatic heterocycles. The van der Waals surface area contributed by atoms with Crippen LogP contribution in [0.1, 0.15) is 11.3 Å². The summed E-state index contributed by atoms with van der Waals surface area (Å²) in [5, 5.41) is 6.47. The van der Waals surface area contributed by atoms with Gasteiger partial charge in [0.15, 0.2) is 0 Å². The summed E-state index contributed by atoms with van der Waals surface area (Å²) in [6, 6.07) is 0.914. The fraction of sp³-hybridized carbons (Fsp3) is 0.200. The lowest BCUT2D eigenvalue weighted by Gasteiger charge is -2.05. The van der Waals surface area contributed by atoms with E-state index < -0.39 is 15.8 Å². The fourth-order valence-electron chi connectivity index (χ4n) is 1.35. The number of sulfonamides is 1. The molecule has 0 aromatic carbocycles. The van der Waals surface area contributed by atoms with Gasteiger partial charge in [0, 0.05) is 24.0 Å². The van der Waals surface area contributed by atoms with Gasteiger partial charge in [-0.3, -0.25) is 10.1 Å². The molecule has 0 amide bonds. The second-order valence-corrected chi connectivity index (χ2v) is 5.45. The number of pyridine rings is 1. The van der Waals surface area contributed by atoms with Gasteiger partial charge in [-0.15, -0.1) is 0 Å². The molecule has 0 bridgehead atoms. The minimum absolute atomic E-state index is 0.0845. The summed E-state index contributed by atoms with van der Waals surface area (Å²) in [5.41, 5.74) is 1.50. The first kappa shape index (κ1) is 12.7. The zero-order valence-electron chi connectivity index (χ0n) is 9.51. The van der Waals surface area contributed by atoms with Gasteiger partial charge in [-0.05, 0) is 13.0 Å². The minimum atomic E-state index is -3.77. The van der Waals surface area contributed by atoms with E-state index in [0.29, 0.717) is 0 Å². The zero-order valence-corrected chi connectivity index (χ0v) is 10.3. The van der Waals surface area contributed by atoms with Gasteiger partial charge in [0.05, 0.1) is 12.4 Å². The molecular weight excluding hydrogens is 259 g/mol. The summed E-state index contributed by atoms with van der Waals surface area (Å²) in [5.74, 6) is -0.697. The lowest BCUT2D eigenvalue weighted by molar-refractivity contribution is 0.575. The van der Waals surface area contributed by atoms with Crippen LogP contribution in [-0.2, 0) is 16.6 Å². The number of H-pyrrole nitrogens is 1. The Morgan fingerprint density at radius 2 is 2.17 bits per heavy atom. The molecule has 0 saturated heterocycles. The van der Waals surface area contributed by atoms with E-state index in [9.17, 15) is 12.8 Å². The van der Waals surface area contributed by atoms with Crippen LogP contribution >= 0.6 is 0 Å². The van der Waals surface area contributed by atoms with E-state index >= 15 is 0 Å². The highest BCUT2D eigenvalue weighted by molar-refractivity contribution is 7.89. The third kappa shape index (κ3) is 2.71. The van der Waals surface area contributed by atoms with Gasteiger partial charge in [0.25, 0.3) is 0 Å². The van der Waals surface area contributed by atoms with Gasteiger partial charge < -0.3 is 0 Å². The van der Waals surface area contributed by atoms with E-state index in [1.54, 1.807) is 6.92 Å². The molecule has 0 fully saturated rings. The van der Waals surface area contributed by atoms with Gasteiger partial charge in [-0.2, -0.15) is 5.10 Å². The van der Waals surface area contributed by atoms with Crippen LogP contribution in [0.2, 0.25) is 0 Å². The quantitative estimate of drug-likeness (QED) is 0.857. The van der Waals surface area contributed by atoms with Crippen LogP contribution in [0.25, 0.3) is 0 Å². The summed E-state index contributed by atoms with van der Waals surface area (Å²) in [6.07, 6.45) is 3.56. The van der Waals surface area contributed by atoms with Crippen molar-refractivity contribution in [1.29, 1.82) is 0 Å². The van der Waals surface area contributed by atoms with Gasteiger partial charge in [0.1, 0.15) is 10.7 Å². The topological polar surface area (TPSA) is 87.7 Å². The Labute approximate surface area is 103 Å². The predicted molar refractivity (Wildman–Crippen MR) is 61.5 cm³/mol. The number of aryl methyl sites for hydroxylation is 1. The maximum Gasteiger partial charge on any atom is 0.242 e. The van der Waals surface area contributed by atoms with Gasteiger partial charge in [0.2, 0.25) is 10.0 Å². The van der Waals surface area contributed by atoms with Crippen LogP contribution < -0.4 is 4.72 Å². The Balaban J connectivity index is 2.16. The molecule has 2 N–H and O–H groups in total. The third-order valence-corrected chi connectivity index (χ3v) is 3.75. The summed E-state index contributed by atoms with van der Waals surface area (Å²) >= 11 is 0. The second-order valence-electron chi connectivity index (χ2n) is 3.68. The number of rotatable bonds is 4. The first-order valence-electron chi connectivity index (χ1n) is 5.08. The standard InChI is InChI=1S/C10H11FN4O2S/c1-7-8(3-13-15-7)4-14-18(16,17)10-2-9(11)5-12-6-10/h2-3,5-6,14H,4H2,1H3,(H,13,15). The highest BCUT2D eigenvalue weighted by atomic mass is 32.2. The summed E-state index contributed by atoms with van der Waals surface area (Å²) < 4.78 is 38.9. The molecular formula is C10H11FN4O2S. The molecule has 0 saturated carbocycles. The van der Waals surface area contributed by atoms with Crippen molar-refractivity contribution in [2.24, 2.45) is 0 Å². The van der Waals surface area contributed by atoms with Gasteiger partial charge in [-0.1, -0.05) is 0 Å². The van der Waals surface area contributed by atoms with Crippen molar-refractivity contribution in [3.05, 3.63) is 41.7 Å². The fourth-order valence-corrected chi connectivity index (χ4v) is 2.33. The lowest BCUT2D eigenvalue weighted by Crippen LogP contribution is -2.23. The Kier molecular flexibility index (Phi) is 3.39. The summed E-state index contributed by atoms with van der Waals surface area (Å²) in [6.45, 7) is 1.86. The van der Waals surface area contributed by atoms with Crippen molar-refractivity contribution < 1.29 is 12.8 Å². The summed E-state index contributed by atoms with van der Waals surface area (Å²) in [4.78, 5) is 3.30. The molecule has 18 heavy (non-hydrogen) atoms. The van der Waals surface area contributed by atoms with Crippen molar-refractivity contribution in [3.63, 3.8) is 0 Å². The van der Waals surface area contributed by atoms with E-state index in [4.69, 9.17) is 0 Å². The molecule has 2 heterocycles. The highest BCUT2D eigenvalue weighted by Crippen LogP contribution is 2.10. The van der Waals surface area contributed by atoms with E-state index in [-0.39, 0.29) is 11.4 Å². The first-order chi connectivity index (χ1) is 8.49. The Bertz CT molecular complexity index is 653. The van der Waals surface area contributed by atoms with Crippen LogP contribution in [0.15, 0.2) is 29.6 Å². The first-order valence-corrected chi connectivity index (χ1v) is 6.56. The normalized spacial score (nSPS) is 11.7. The molecule has 2 rings (SSSR count). The van der Waals surface area contributed by atoms with Crippen LogP contribution in [0.4, 0.5) is 4.39 Å². The number of aromatic amines is 1. The molecule has 96 valence electrons. The molecule has 0 unspecified atom stereocenters. The number of nitrogens with zero attached hydrogens (tertiary/aromatic N) is 2. The zero-order chi connectivity index (χ0) is 13.2. The Morgan fingerprint density at radius 3 is 2.78 bits per heavy atom. The maximum atomic E-state index is 12.9. The number of hydrogen-bond acceptors (Lipinski definition) is 4. The van der Waals surface area contributed by atoms with E-state index in [1.807, 2.05) is 0 Å². The molecule has 0 aliphatic rings. The van der Waals surface area contributed by atoms with E-state index in [2.05, 4.69) is 19.9 Å². The van der Waals surface area contributed by atoms with Crippen molar-refractivity contribution in [1.82, 2.24) is 19.9 Å². The van der Waals surface area contributed by atoms with Crippen molar-refractivity contribution in [3.8, 4) is 0 Å². The van der Waals surface area contributed by atoms with E-state index in [0.717, 1.165) is 29.7 Å². The smallest absolute Gasteiger partial charge is 0.242 e. The lowest BCUT2D eigenvalue weighted by atomic mass is 10.3. The average Bonchev–Trinajstić information content (AvgIpc) is 2.72. The predicted octanol–water partition coefficient (Wildman–Crippen LogP) is 0.731. The average molecular weight is 270 g/mol. The molecule has 0 radical (unpaired) electrons. The SMILES string of the molecule is Cc1[nH]ncc1CNS(=O)(=O)c1cncc(F)c1. The molecule has 8 heteroatoms. The van der Waals surface area contributed by atoms with E-state index in [1.165, 1.54) is 6.20 Å². The molecule has 2 aromatic rings. The van der Waals surface area contributed by atoms with Crippen molar-refractivity contribution >= 4 is 10.0 Å². The Hall–Kier alpha value is -1.80. The summed E-state index contributed by atoms with van der Waals surface area (Å²) in [7, 11) is -3.77. The second kappa shape index (κ2) is 4.83. The molecule has 0 aliphatic heterocycles. The van der Waals surface area contributed by atoms with Crippen LogP contribution in [-0.4, -0.2) is 23.6 Å². The minimum Gasteiger partial charge on any atom is -0.283 e. The van der Waals surface area contributed by atoms with Gasteiger partial charge in [-0.25, -0.2) is 17.5 Å². The monoisotopic (exact) mass is 270 g/mol. The Morgan fingerprint density at radius 1 is 1.39 bits per heavy atom. The molecule has 0 spiro atoms. The molecule has 6 nitrogen and oxygen atoms in total. The number of halogens is 1. The maximum absolute atomic E-state index is 12.9. The number of nitrogens with one attached hydrogen (secondary N) is 2. The van der Waals surface area contributed by atoms with Crippen molar-refractivity contribution in [2.45, 2.75) is 18.4 Å². The van der Waals surface area contributed by atoms with Crippen LogP contribution in [0, 0.1) is 12.7 Å². The molecule has 0 atom stereocenters. The number of hydrogen-bond donors (Lipinski definition) is 2.